The highest BCUT2D eigenvalue weighted by atomic mass is 32.1. The van der Waals surface area contributed by atoms with Crippen molar-refractivity contribution in [2.75, 3.05) is 0 Å². The first kappa shape index (κ1) is 8.74. The number of nitrogens with zero attached hydrogens (tertiary/aromatic N) is 1. The summed E-state index contributed by atoms with van der Waals surface area (Å²) < 4.78 is 2.10. The van der Waals surface area contributed by atoms with Crippen LogP contribution < -0.4 is 5.69 Å². The Balaban J connectivity index is 2.27. The van der Waals surface area contributed by atoms with Crippen molar-refractivity contribution >= 4 is 12.2 Å². The highest BCUT2D eigenvalue weighted by Gasteiger charge is 2.32. The van der Waals surface area contributed by atoms with E-state index in [0.29, 0.717) is 4.77 Å². The van der Waals surface area contributed by atoms with E-state index in [0.717, 1.165) is 6.54 Å². The zero-order chi connectivity index (χ0) is 9.47. The second kappa shape index (κ2) is 2.83. The minimum absolute atomic E-state index is 0.127. The summed E-state index contributed by atoms with van der Waals surface area (Å²) in [6.45, 7) is 2.94. The van der Waals surface area contributed by atoms with Gasteiger partial charge in [0, 0.05) is 6.54 Å². The molecule has 0 spiro atoms. The minimum Gasteiger partial charge on any atom is -0.272 e. The molecular weight excluding hydrogens is 186 g/mol. The average Bonchev–Trinajstić information content (AvgIpc) is 2.33. The second-order valence-electron chi connectivity index (χ2n) is 4.11. The Morgan fingerprint density at radius 2 is 2.23 bits per heavy atom. The fourth-order valence-electron chi connectivity index (χ4n) is 1.80. The van der Waals surface area contributed by atoms with Crippen LogP contribution >= 0.6 is 12.2 Å². The summed E-state index contributed by atoms with van der Waals surface area (Å²) >= 11 is 4.99. The molecule has 72 valence electrons. The summed E-state index contributed by atoms with van der Waals surface area (Å²) in [5, 5.41) is 5.13. The lowest BCUT2D eigenvalue weighted by Crippen LogP contribution is -2.34. The van der Waals surface area contributed by atoms with Crippen LogP contribution in [0.1, 0.15) is 26.2 Å². The van der Waals surface area contributed by atoms with E-state index < -0.39 is 0 Å². The molecule has 4 nitrogen and oxygen atoms in total. The predicted molar refractivity (Wildman–Crippen MR) is 52.2 cm³/mol. The molecule has 0 amide bonds. The van der Waals surface area contributed by atoms with Crippen LogP contribution in [0.25, 0.3) is 0 Å². The Hall–Kier alpha value is -0.840. The molecule has 0 saturated heterocycles. The topological polar surface area (TPSA) is 53.6 Å². The van der Waals surface area contributed by atoms with Gasteiger partial charge in [-0.15, -0.1) is 0 Å². The van der Waals surface area contributed by atoms with Gasteiger partial charge < -0.3 is 0 Å². The summed E-state index contributed by atoms with van der Waals surface area (Å²) in [5.41, 5.74) is 0.158. The first-order chi connectivity index (χ1) is 6.11. The van der Waals surface area contributed by atoms with Gasteiger partial charge >= 0.3 is 5.69 Å². The highest BCUT2D eigenvalue weighted by molar-refractivity contribution is 7.71. The van der Waals surface area contributed by atoms with Crippen LogP contribution in [-0.4, -0.2) is 14.8 Å². The molecule has 1 saturated carbocycles. The van der Waals surface area contributed by atoms with Gasteiger partial charge in [0.15, 0.2) is 4.77 Å². The van der Waals surface area contributed by atoms with Crippen molar-refractivity contribution in [1.82, 2.24) is 14.8 Å². The first-order valence-corrected chi connectivity index (χ1v) is 4.89. The van der Waals surface area contributed by atoms with Gasteiger partial charge in [-0.1, -0.05) is 13.3 Å². The van der Waals surface area contributed by atoms with E-state index in [1.165, 1.54) is 19.3 Å². The van der Waals surface area contributed by atoms with Crippen molar-refractivity contribution in [3.05, 3.63) is 15.3 Å². The van der Waals surface area contributed by atoms with Crippen LogP contribution in [0.2, 0.25) is 0 Å². The molecule has 0 bridgehead atoms. The third kappa shape index (κ3) is 1.48. The molecule has 0 atom stereocenters. The molecule has 0 radical (unpaired) electrons. The van der Waals surface area contributed by atoms with Crippen LogP contribution in [0, 0.1) is 10.2 Å². The van der Waals surface area contributed by atoms with Crippen molar-refractivity contribution in [2.24, 2.45) is 5.41 Å². The van der Waals surface area contributed by atoms with E-state index in [9.17, 15) is 4.79 Å². The Labute approximate surface area is 81.0 Å². The fourth-order valence-corrected chi connectivity index (χ4v) is 2.00. The fraction of sp³-hybridized carbons (Fsp3) is 0.750. The summed E-state index contributed by atoms with van der Waals surface area (Å²) in [4.78, 5) is 11.3. The standard InChI is InChI=1S/C8H13N3OS/c1-8(3-2-4-8)5-11-6(12)9-10-7(11)13/h2-5H2,1H3,(H,9,12)(H,10,13). The molecule has 0 aromatic carbocycles. The van der Waals surface area contributed by atoms with Crippen molar-refractivity contribution < 1.29 is 0 Å². The second-order valence-corrected chi connectivity index (χ2v) is 4.50. The number of nitrogens with one attached hydrogen (secondary N) is 2. The smallest absolute Gasteiger partial charge is 0.272 e. The van der Waals surface area contributed by atoms with Crippen molar-refractivity contribution in [3.63, 3.8) is 0 Å². The van der Waals surface area contributed by atoms with Gasteiger partial charge in [-0.2, -0.15) is 0 Å². The predicted octanol–water partition coefficient (Wildman–Crippen LogP) is 1.42. The quantitative estimate of drug-likeness (QED) is 0.708. The van der Waals surface area contributed by atoms with Crippen molar-refractivity contribution in [2.45, 2.75) is 32.7 Å². The van der Waals surface area contributed by atoms with Gasteiger partial charge in [0.05, 0.1) is 0 Å². The number of aromatic amines is 2. The normalized spacial score (nSPS) is 19.8. The third-order valence-electron chi connectivity index (χ3n) is 2.87. The maximum atomic E-state index is 11.3. The Kier molecular flexibility index (Phi) is 1.91. The van der Waals surface area contributed by atoms with Gasteiger partial charge in [-0.25, -0.2) is 9.89 Å². The molecule has 1 aliphatic carbocycles. The van der Waals surface area contributed by atoms with Crippen LogP contribution in [-0.2, 0) is 6.54 Å². The third-order valence-corrected chi connectivity index (χ3v) is 3.19. The Morgan fingerprint density at radius 1 is 1.54 bits per heavy atom. The average molecular weight is 199 g/mol. The van der Waals surface area contributed by atoms with E-state index >= 15 is 0 Å². The maximum absolute atomic E-state index is 11.3. The van der Waals surface area contributed by atoms with E-state index in [1.54, 1.807) is 4.57 Å². The number of hydrogen-bond donors (Lipinski definition) is 2. The number of rotatable bonds is 2. The molecule has 1 aromatic rings. The van der Waals surface area contributed by atoms with Crippen LogP contribution in [0.4, 0.5) is 0 Å². The van der Waals surface area contributed by atoms with E-state index in [2.05, 4.69) is 17.1 Å². The summed E-state index contributed by atoms with van der Waals surface area (Å²) in [6, 6.07) is 0. The van der Waals surface area contributed by atoms with Gasteiger partial charge in [-0.05, 0) is 30.5 Å². The van der Waals surface area contributed by atoms with Crippen LogP contribution in [0.3, 0.4) is 0 Å². The van der Waals surface area contributed by atoms with E-state index in [4.69, 9.17) is 12.2 Å². The number of H-pyrrole nitrogens is 2. The molecule has 5 heteroatoms. The molecule has 2 N–H and O–H groups in total. The van der Waals surface area contributed by atoms with Crippen molar-refractivity contribution in [1.29, 1.82) is 0 Å². The lowest BCUT2D eigenvalue weighted by molar-refractivity contribution is 0.130. The summed E-state index contributed by atoms with van der Waals surface area (Å²) in [7, 11) is 0. The number of hydrogen-bond acceptors (Lipinski definition) is 2. The molecule has 1 aliphatic rings. The highest BCUT2D eigenvalue weighted by Crippen LogP contribution is 2.41. The zero-order valence-corrected chi connectivity index (χ0v) is 8.41. The van der Waals surface area contributed by atoms with Crippen molar-refractivity contribution in [3.8, 4) is 0 Å². The zero-order valence-electron chi connectivity index (χ0n) is 7.59. The number of aromatic nitrogens is 3. The minimum atomic E-state index is -0.127. The lowest BCUT2D eigenvalue weighted by Gasteiger charge is -2.38. The summed E-state index contributed by atoms with van der Waals surface area (Å²) in [6.07, 6.45) is 3.66. The van der Waals surface area contributed by atoms with Gasteiger partial charge in [-0.3, -0.25) is 9.67 Å². The molecule has 1 heterocycles. The Bertz CT molecular complexity index is 382. The van der Waals surface area contributed by atoms with Gasteiger partial charge in [0.25, 0.3) is 0 Å². The first-order valence-electron chi connectivity index (χ1n) is 4.48. The molecule has 2 rings (SSSR count). The van der Waals surface area contributed by atoms with Gasteiger partial charge in [0.1, 0.15) is 0 Å². The molecule has 1 aromatic heterocycles. The van der Waals surface area contributed by atoms with Crippen LogP contribution in [0.5, 0.6) is 0 Å². The van der Waals surface area contributed by atoms with Gasteiger partial charge in [0.2, 0.25) is 0 Å². The molecular formula is C8H13N3OS. The largest absolute Gasteiger partial charge is 0.342 e. The van der Waals surface area contributed by atoms with E-state index in [1.807, 2.05) is 0 Å². The van der Waals surface area contributed by atoms with Crippen LogP contribution in [0.15, 0.2) is 4.79 Å². The Morgan fingerprint density at radius 3 is 2.62 bits per heavy atom. The molecule has 0 unspecified atom stereocenters. The lowest BCUT2D eigenvalue weighted by atomic mass is 9.70. The molecule has 13 heavy (non-hydrogen) atoms. The molecule has 0 aliphatic heterocycles. The monoisotopic (exact) mass is 199 g/mol. The maximum Gasteiger partial charge on any atom is 0.342 e. The SMILES string of the molecule is CC1(Cn2c(=O)[nH][nH]c2=S)CCC1. The summed E-state index contributed by atoms with van der Waals surface area (Å²) in [5.74, 6) is 0. The molecule has 1 fully saturated rings. The van der Waals surface area contributed by atoms with E-state index in [-0.39, 0.29) is 11.1 Å².